The van der Waals surface area contributed by atoms with Gasteiger partial charge >= 0.3 is 0 Å². The van der Waals surface area contributed by atoms with Crippen molar-refractivity contribution in [3.8, 4) is 11.5 Å². The predicted octanol–water partition coefficient (Wildman–Crippen LogP) is 3.81. The van der Waals surface area contributed by atoms with Crippen LogP contribution in [0.4, 0.5) is 0 Å². The van der Waals surface area contributed by atoms with Gasteiger partial charge in [-0.05, 0) is 24.1 Å². The van der Waals surface area contributed by atoms with E-state index in [0.29, 0.717) is 22.3 Å². The van der Waals surface area contributed by atoms with Gasteiger partial charge in [0.15, 0.2) is 5.82 Å². The first-order chi connectivity index (χ1) is 8.49. The fraction of sp³-hybridized carbons (Fsp3) is 0.333. The van der Waals surface area contributed by atoms with Crippen molar-refractivity contribution in [3.05, 3.63) is 33.5 Å². The van der Waals surface area contributed by atoms with Gasteiger partial charge in [-0.2, -0.15) is 4.98 Å². The highest BCUT2D eigenvalue weighted by Gasteiger charge is 2.19. The molecule has 0 saturated carbocycles. The second-order valence-electron chi connectivity index (χ2n) is 4.35. The van der Waals surface area contributed by atoms with E-state index in [1.54, 1.807) is 6.07 Å². The fourth-order valence-electron chi connectivity index (χ4n) is 1.44. The number of rotatable bonds is 3. The van der Waals surface area contributed by atoms with E-state index in [4.69, 9.17) is 21.9 Å². The molecule has 2 aromatic rings. The molecule has 1 unspecified atom stereocenters. The minimum Gasteiger partial charge on any atom is -0.334 e. The molecule has 1 aromatic heterocycles. The zero-order chi connectivity index (χ0) is 13.3. The molecule has 0 spiro atoms. The summed E-state index contributed by atoms with van der Waals surface area (Å²) in [5.74, 6) is 1.13. The molecule has 1 aromatic carbocycles. The molecule has 1 atom stereocenters. The number of hydrogen-bond acceptors (Lipinski definition) is 4. The van der Waals surface area contributed by atoms with Crippen LogP contribution in [-0.2, 0) is 0 Å². The van der Waals surface area contributed by atoms with Crippen molar-refractivity contribution in [2.75, 3.05) is 0 Å². The molecule has 0 radical (unpaired) electrons. The van der Waals surface area contributed by atoms with Crippen molar-refractivity contribution in [2.24, 2.45) is 11.7 Å². The van der Waals surface area contributed by atoms with Gasteiger partial charge in [-0.3, -0.25) is 0 Å². The van der Waals surface area contributed by atoms with E-state index in [0.717, 1.165) is 4.47 Å². The summed E-state index contributed by atoms with van der Waals surface area (Å²) in [5, 5.41) is 4.45. The molecule has 0 amide bonds. The van der Waals surface area contributed by atoms with Gasteiger partial charge in [0.2, 0.25) is 0 Å². The normalized spacial score (nSPS) is 13.0. The highest BCUT2D eigenvalue weighted by molar-refractivity contribution is 9.10. The van der Waals surface area contributed by atoms with Crippen LogP contribution in [0.25, 0.3) is 11.5 Å². The third-order valence-corrected chi connectivity index (χ3v) is 3.43. The molecule has 18 heavy (non-hydrogen) atoms. The molecule has 0 aliphatic heterocycles. The van der Waals surface area contributed by atoms with Crippen LogP contribution in [-0.4, -0.2) is 10.1 Å². The number of nitrogens with two attached hydrogens (primary N) is 1. The molecule has 2 rings (SSSR count). The van der Waals surface area contributed by atoms with Crippen LogP contribution in [0, 0.1) is 5.92 Å². The van der Waals surface area contributed by atoms with Crippen molar-refractivity contribution in [2.45, 2.75) is 19.9 Å². The Morgan fingerprint density at radius 3 is 2.72 bits per heavy atom. The number of halogens is 2. The zero-order valence-corrected chi connectivity index (χ0v) is 12.4. The molecule has 1 heterocycles. The molecule has 0 saturated heterocycles. The Kier molecular flexibility index (Phi) is 4.04. The maximum atomic E-state index is 6.13. The fourth-order valence-corrected chi connectivity index (χ4v) is 2.19. The van der Waals surface area contributed by atoms with E-state index in [-0.39, 0.29) is 12.0 Å². The van der Waals surface area contributed by atoms with Crippen molar-refractivity contribution < 1.29 is 4.52 Å². The second kappa shape index (κ2) is 5.38. The highest BCUT2D eigenvalue weighted by atomic mass is 79.9. The lowest BCUT2D eigenvalue weighted by Gasteiger charge is -2.09. The Bertz CT molecular complexity index is 556. The third kappa shape index (κ3) is 2.74. The topological polar surface area (TPSA) is 64.9 Å². The molecular formula is C12H13BrClN3O. The number of benzene rings is 1. The molecule has 0 aliphatic carbocycles. The molecule has 2 N–H and O–H groups in total. The minimum atomic E-state index is -0.239. The van der Waals surface area contributed by atoms with Gasteiger partial charge in [0.05, 0.1) is 16.6 Å². The summed E-state index contributed by atoms with van der Waals surface area (Å²) >= 11 is 9.47. The maximum Gasteiger partial charge on any atom is 0.259 e. The Labute approximate surface area is 119 Å². The Morgan fingerprint density at radius 1 is 1.39 bits per heavy atom. The summed E-state index contributed by atoms with van der Waals surface area (Å²) in [5.41, 5.74) is 6.67. The summed E-state index contributed by atoms with van der Waals surface area (Å²) in [4.78, 5) is 4.29. The van der Waals surface area contributed by atoms with E-state index in [9.17, 15) is 0 Å². The van der Waals surface area contributed by atoms with Gasteiger partial charge in [0.25, 0.3) is 5.89 Å². The standard InChI is InChI=1S/C12H13BrClN3O/c1-6(2)10(15)11-16-12(18-17-11)8-4-3-7(13)5-9(8)14/h3-6,10H,15H2,1-2H3. The maximum absolute atomic E-state index is 6.13. The monoisotopic (exact) mass is 329 g/mol. The van der Waals surface area contributed by atoms with Gasteiger partial charge in [-0.25, -0.2) is 0 Å². The zero-order valence-electron chi connectivity index (χ0n) is 10.0. The average Bonchev–Trinajstić information content (AvgIpc) is 2.77. The molecule has 0 aliphatic rings. The molecule has 4 nitrogen and oxygen atoms in total. The van der Waals surface area contributed by atoms with E-state index in [1.165, 1.54) is 0 Å². The van der Waals surface area contributed by atoms with Crippen molar-refractivity contribution in [1.29, 1.82) is 0 Å². The number of aromatic nitrogens is 2. The van der Waals surface area contributed by atoms with Gasteiger partial charge in [0, 0.05) is 4.47 Å². The van der Waals surface area contributed by atoms with Gasteiger partial charge in [0.1, 0.15) is 0 Å². The first kappa shape index (κ1) is 13.5. The molecule has 6 heteroatoms. The van der Waals surface area contributed by atoms with Crippen LogP contribution in [0.15, 0.2) is 27.2 Å². The highest BCUT2D eigenvalue weighted by Crippen LogP contribution is 2.30. The van der Waals surface area contributed by atoms with Crippen LogP contribution in [0.3, 0.4) is 0 Å². The number of hydrogen-bond donors (Lipinski definition) is 1. The summed E-state index contributed by atoms with van der Waals surface area (Å²) in [7, 11) is 0. The Hall–Kier alpha value is -0.910. The van der Waals surface area contributed by atoms with E-state index >= 15 is 0 Å². The van der Waals surface area contributed by atoms with Gasteiger partial charge in [-0.15, -0.1) is 0 Å². The van der Waals surface area contributed by atoms with Crippen molar-refractivity contribution >= 4 is 27.5 Å². The second-order valence-corrected chi connectivity index (χ2v) is 5.67. The molecule has 0 bridgehead atoms. The molecular weight excluding hydrogens is 318 g/mol. The van der Waals surface area contributed by atoms with Crippen molar-refractivity contribution in [1.82, 2.24) is 10.1 Å². The van der Waals surface area contributed by atoms with Gasteiger partial charge in [-0.1, -0.05) is 46.5 Å². The number of nitrogens with zero attached hydrogens (tertiary/aromatic N) is 2. The van der Waals surface area contributed by atoms with Crippen LogP contribution < -0.4 is 5.73 Å². The largest absolute Gasteiger partial charge is 0.334 e. The van der Waals surface area contributed by atoms with Gasteiger partial charge < -0.3 is 10.3 Å². The Morgan fingerprint density at radius 2 is 2.11 bits per heavy atom. The third-order valence-electron chi connectivity index (χ3n) is 2.62. The lowest BCUT2D eigenvalue weighted by Crippen LogP contribution is -2.18. The van der Waals surface area contributed by atoms with Crippen LogP contribution >= 0.6 is 27.5 Å². The summed E-state index contributed by atoms with van der Waals surface area (Å²) in [6.07, 6.45) is 0. The lowest BCUT2D eigenvalue weighted by molar-refractivity contribution is 0.400. The summed E-state index contributed by atoms with van der Waals surface area (Å²) < 4.78 is 6.10. The minimum absolute atomic E-state index is 0.239. The summed E-state index contributed by atoms with van der Waals surface area (Å²) in [6, 6.07) is 5.23. The van der Waals surface area contributed by atoms with E-state index in [2.05, 4.69) is 26.1 Å². The molecule has 96 valence electrons. The van der Waals surface area contributed by atoms with E-state index in [1.807, 2.05) is 26.0 Å². The Balaban J connectivity index is 2.35. The van der Waals surface area contributed by atoms with E-state index < -0.39 is 0 Å². The van der Waals surface area contributed by atoms with Crippen LogP contribution in [0.5, 0.6) is 0 Å². The quantitative estimate of drug-likeness (QED) is 0.929. The SMILES string of the molecule is CC(C)C(N)c1noc(-c2ccc(Br)cc2Cl)n1. The lowest BCUT2D eigenvalue weighted by atomic mass is 10.1. The first-order valence-electron chi connectivity index (χ1n) is 5.53. The first-order valence-corrected chi connectivity index (χ1v) is 6.70. The van der Waals surface area contributed by atoms with Crippen molar-refractivity contribution in [3.63, 3.8) is 0 Å². The smallest absolute Gasteiger partial charge is 0.259 e. The summed E-state index contributed by atoms with van der Waals surface area (Å²) in [6.45, 7) is 4.01. The molecule has 0 fully saturated rings. The predicted molar refractivity (Wildman–Crippen MR) is 74.2 cm³/mol. The average molecular weight is 331 g/mol. The van der Waals surface area contributed by atoms with Crippen LogP contribution in [0.1, 0.15) is 25.7 Å². The van der Waals surface area contributed by atoms with Crippen LogP contribution in [0.2, 0.25) is 5.02 Å².